The summed E-state index contributed by atoms with van der Waals surface area (Å²) in [6, 6.07) is 4.00. The minimum Gasteiger partial charge on any atom is -0.340 e. The fourth-order valence-electron chi connectivity index (χ4n) is 2.33. The Kier molecular flexibility index (Phi) is 8.59. The Bertz CT molecular complexity index is 436. The average Bonchev–Trinajstić information content (AvgIpc) is 2.89. The maximum atomic E-state index is 12.1. The summed E-state index contributed by atoms with van der Waals surface area (Å²) in [5.74, 6) is 0.272. The third kappa shape index (κ3) is 6.12. The Labute approximate surface area is 141 Å². The first-order valence-electron chi connectivity index (χ1n) is 7.14. The van der Waals surface area contributed by atoms with Gasteiger partial charge in [0.15, 0.2) is 0 Å². The molecule has 120 valence electrons. The highest BCUT2D eigenvalue weighted by atomic mass is 35.5. The highest BCUT2D eigenvalue weighted by Gasteiger charge is 2.17. The smallest absolute Gasteiger partial charge is 0.223 e. The first-order valence-corrected chi connectivity index (χ1v) is 8.33. The number of carbonyl (C=O) groups excluding carboxylic acids is 1. The van der Waals surface area contributed by atoms with Crippen molar-refractivity contribution in [2.45, 2.75) is 19.9 Å². The largest absolute Gasteiger partial charge is 0.340 e. The first kappa shape index (κ1) is 18.7. The molecular formula is C14H23Cl2N3OS. The van der Waals surface area contributed by atoms with Gasteiger partial charge >= 0.3 is 0 Å². The van der Waals surface area contributed by atoms with Gasteiger partial charge in [-0.3, -0.25) is 9.69 Å². The van der Waals surface area contributed by atoms with Gasteiger partial charge in [0.1, 0.15) is 0 Å². The second-order valence-corrected chi connectivity index (χ2v) is 6.76. The molecule has 2 rings (SSSR count). The lowest BCUT2D eigenvalue weighted by molar-refractivity contribution is -0.132. The van der Waals surface area contributed by atoms with Crippen LogP contribution in [-0.4, -0.2) is 55.0 Å². The van der Waals surface area contributed by atoms with E-state index in [2.05, 4.69) is 23.2 Å². The number of halogens is 2. The molecule has 1 fully saturated rings. The lowest BCUT2D eigenvalue weighted by Gasteiger charge is -2.28. The molecule has 21 heavy (non-hydrogen) atoms. The Morgan fingerprint density at radius 2 is 2.14 bits per heavy atom. The minimum atomic E-state index is 0. The molecule has 2 heterocycles. The Morgan fingerprint density at radius 3 is 2.71 bits per heavy atom. The lowest BCUT2D eigenvalue weighted by atomic mass is 10.3. The lowest BCUT2D eigenvalue weighted by Crippen LogP contribution is -2.47. The zero-order valence-electron chi connectivity index (χ0n) is 12.3. The van der Waals surface area contributed by atoms with E-state index >= 15 is 0 Å². The van der Waals surface area contributed by atoms with Crippen LogP contribution in [0.15, 0.2) is 12.1 Å². The number of hydrogen-bond donors (Lipinski definition) is 1. The molecule has 0 aromatic carbocycles. The maximum absolute atomic E-state index is 12.1. The van der Waals surface area contributed by atoms with Crippen molar-refractivity contribution in [3.63, 3.8) is 0 Å². The number of thiophene rings is 1. The maximum Gasteiger partial charge on any atom is 0.223 e. The molecule has 0 unspecified atom stereocenters. The number of amides is 1. The summed E-state index contributed by atoms with van der Waals surface area (Å²) in [7, 11) is 0. The zero-order chi connectivity index (χ0) is 14.4. The van der Waals surface area contributed by atoms with Gasteiger partial charge in [-0.25, -0.2) is 0 Å². The van der Waals surface area contributed by atoms with Crippen LogP contribution in [0, 0.1) is 0 Å². The van der Waals surface area contributed by atoms with E-state index in [1.807, 2.05) is 11.0 Å². The number of nitrogens with zero attached hydrogens (tertiary/aromatic N) is 2. The average molecular weight is 352 g/mol. The van der Waals surface area contributed by atoms with E-state index in [4.69, 9.17) is 11.6 Å². The zero-order valence-corrected chi connectivity index (χ0v) is 14.7. The Morgan fingerprint density at radius 1 is 1.43 bits per heavy atom. The van der Waals surface area contributed by atoms with Crippen LogP contribution in [0.3, 0.4) is 0 Å². The molecule has 1 amide bonds. The van der Waals surface area contributed by atoms with E-state index in [1.165, 1.54) is 4.88 Å². The highest BCUT2D eigenvalue weighted by Crippen LogP contribution is 2.22. The van der Waals surface area contributed by atoms with Crippen LogP contribution in [-0.2, 0) is 11.3 Å². The third-order valence-corrected chi connectivity index (χ3v) is 4.78. The van der Waals surface area contributed by atoms with Crippen LogP contribution >= 0.6 is 35.3 Å². The van der Waals surface area contributed by atoms with Crippen LogP contribution in [0.25, 0.3) is 0 Å². The number of nitrogens with one attached hydrogen (secondary N) is 1. The van der Waals surface area contributed by atoms with Gasteiger partial charge in [-0.2, -0.15) is 0 Å². The molecule has 0 saturated carbocycles. The monoisotopic (exact) mass is 351 g/mol. The summed E-state index contributed by atoms with van der Waals surface area (Å²) < 4.78 is 0.827. The van der Waals surface area contributed by atoms with Crippen molar-refractivity contribution in [3.05, 3.63) is 21.3 Å². The van der Waals surface area contributed by atoms with E-state index in [9.17, 15) is 4.79 Å². The molecule has 0 spiro atoms. The van der Waals surface area contributed by atoms with E-state index < -0.39 is 0 Å². The number of hydrogen-bond acceptors (Lipinski definition) is 4. The Balaban J connectivity index is 0.00000220. The second-order valence-electron chi connectivity index (χ2n) is 4.96. The van der Waals surface area contributed by atoms with Crippen molar-refractivity contribution < 1.29 is 4.79 Å². The van der Waals surface area contributed by atoms with Crippen molar-refractivity contribution in [3.8, 4) is 0 Å². The van der Waals surface area contributed by atoms with Crippen molar-refractivity contribution in [1.29, 1.82) is 0 Å². The van der Waals surface area contributed by atoms with Crippen LogP contribution in [0.5, 0.6) is 0 Å². The minimum absolute atomic E-state index is 0. The molecule has 1 saturated heterocycles. The van der Waals surface area contributed by atoms with Crippen molar-refractivity contribution in [2.24, 2.45) is 0 Å². The normalized spacial score (nSPS) is 15.1. The second kappa shape index (κ2) is 9.64. The van der Waals surface area contributed by atoms with Gasteiger partial charge in [0, 0.05) is 50.6 Å². The molecule has 0 radical (unpaired) electrons. The molecule has 7 heteroatoms. The highest BCUT2D eigenvalue weighted by molar-refractivity contribution is 7.16. The van der Waals surface area contributed by atoms with E-state index in [0.29, 0.717) is 6.42 Å². The number of rotatable bonds is 6. The fraction of sp³-hybridized carbons (Fsp3) is 0.643. The topological polar surface area (TPSA) is 35.6 Å². The quantitative estimate of drug-likeness (QED) is 0.854. The molecule has 1 aliphatic heterocycles. The van der Waals surface area contributed by atoms with Gasteiger partial charge in [0.2, 0.25) is 5.91 Å². The third-order valence-electron chi connectivity index (χ3n) is 3.57. The summed E-state index contributed by atoms with van der Waals surface area (Å²) in [4.78, 5) is 17.6. The van der Waals surface area contributed by atoms with Crippen molar-refractivity contribution in [1.82, 2.24) is 15.1 Å². The molecule has 4 nitrogen and oxygen atoms in total. The fourth-order valence-corrected chi connectivity index (χ4v) is 3.46. The summed E-state index contributed by atoms with van der Waals surface area (Å²) in [5.41, 5.74) is 0. The van der Waals surface area contributed by atoms with Crippen LogP contribution in [0.1, 0.15) is 18.2 Å². The van der Waals surface area contributed by atoms with Crippen LogP contribution in [0.4, 0.5) is 0 Å². The molecule has 1 aromatic heterocycles. The summed E-state index contributed by atoms with van der Waals surface area (Å²) >= 11 is 7.56. The van der Waals surface area contributed by atoms with E-state index in [1.54, 1.807) is 11.3 Å². The van der Waals surface area contributed by atoms with Gasteiger partial charge in [0.05, 0.1) is 4.34 Å². The van der Waals surface area contributed by atoms with E-state index in [0.717, 1.165) is 50.1 Å². The van der Waals surface area contributed by atoms with Gasteiger partial charge in [0.25, 0.3) is 0 Å². The Hall–Kier alpha value is -0.330. The molecule has 1 N–H and O–H groups in total. The van der Waals surface area contributed by atoms with Gasteiger partial charge in [-0.15, -0.1) is 23.7 Å². The number of carbonyl (C=O) groups is 1. The molecule has 0 bridgehead atoms. The summed E-state index contributed by atoms with van der Waals surface area (Å²) in [6.45, 7) is 8.27. The molecule has 0 aliphatic carbocycles. The summed E-state index contributed by atoms with van der Waals surface area (Å²) in [6.07, 6.45) is 0.604. The van der Waals surface area contributed by atoms with Crippen LogP contribution < -0.4 is 5.32 Å². The van der Waals surface area contributed by atoms with Gasteiger partial charge < -0.3 is 10.2 Å². The standard InChI is InChI=1S/C14H22ClN3OS.ClH/c1-2-17(11-12-3-4-13(15)20-12)8-5-14(19)18-9-6-16-7-10-18;/h3-4,16H,2,5-11H2,1H3;1H. The molecule has 1 aliphatic rings. The SMILES string of the molecule is CCN(CCC(=O)N1CCNCC1)Cc1ccc(Cl)s1.Cl. The summed E-state index contributed by atoms with van der Waals surface area (Å²) in [5, 5.41) is 3.27. The number of piperazine rings is 1. The van der Waals surface area contributed by atoms with Crippen LogP contribution in [0.2, 0.25) is 4.34 Å². The molecule has 0 atom stereocenters. The predicted octanol–water partition coefficient (Wildman–Crippen LogP) is 2.47. The molecular weight excluding hydrogens is 329 g/mol. The molecule has 1 aromatic rings. The van der Waals surface area contributed by atoms with Crippen molar-refractivity contribution >= 4 is 41.3 Å². The van der Waals surface area contributed by atoms with Gasteiger partial charge in [-0.1, -0.05) is 18.5 Å². The predicted molar refractivity (Wildman–Crippen MR) is 91.6 cm³/mol. The van der Waals surface area contributed by atoms with Crippen molar-refractivity contribution in [2.75, 3.05) is 39.3 Å². The first-order chi connectivity index (χ1) is 9.69. The van der Waals surface area contributed by atoms with E-state index in [-0.39, 0.29) is 18.3 Å². The van der Waals surface area contributed by atoms with Gasteiger partial charge in [-0.05, 0) is 18.7 Å².